The summed E-state index contributed by atoms with van der Waals surface area (Å²) in [6, 6.07) is 17.5. The topological polar surface area (TPSA) is 175 Å². The van der Waals surface area contributed by atoms with E-state index in [-0.39, 0.29) is 57.8 Å². The van der Waals surface area contributed by atoms with Gasteiger partial charge in [-0.1, -0.05) is 12.1 Å². The van der Waals surface area contributed by atoms with Crippen LogP contribution in [0.1, 0.15) is 32.6 Å². The Morgan fingerprint density at radius 2 is 1.58 bits per heavy atom. The molecule has 4 amide bonds. The van der Waals surface area contributed by atoms with E-state index in [2.05, 4.69) is 20.5 Å². The number of alkyl halides is 2. The van der Waals surface area contributed by atoms with Crippen molar-refractivity contribution in [3.8, 4) is 33.9 Å². The fourth-order valence-electron chi connectivity index (χ4n) is 8.24. The molecule has 2 aromatic heterocycles. The lowest BCUT2D eigenvalue weighted by atomic mass is 10.1. The number of hydrogen-bond donors (Lipinski definition) is 2. The van der Waals surface area contributed by atoms with Gasteiger partial charge in [0.05, 0.1) is 53.4 Å². The lowest BCUT2D eigenvalue weighted by molar-refractivity contribution is 0.0302. The Morgan fingerprint density at radius 3 is 2.26 bits per heavy atom. The third kappa shape index (κ3) is 9.98. The van der Waals surface area contributed by atoms with E-state index in [1.54, 1.807) is 48.7 Å². The van der Waals surface area contributed by atoms with Gasteiger partial charge in [0.2, 0.25) is 5.95 Å². The molecule has 2 bridgehead atoms. The first-order chi connectivity index (χ1) is 31.2. The summed E-state index contributed by atoms with van der Waals surface area (Å²) in [4.78, 5) is 50.6. The second-order valence-electron chi connectivity index (χ2n) is 16.6. The Morgan fingerprint density at radius 1 is 0.877 bits per heavy atom. The van der Waals surface area contributed by atoms with Gasteiger partial charge in [0, 0.05) is 60.5 Å². The maximum atomic E-state index is 14.7. The molecule has 340 valence electrons. The van der Waals surface area contributed by atoms with E-state index in [1.165, 1.54) is 18.2 Å². The van der Waals surface area contributed by atoms with Gasteiger partial charge in [0.1, 0.15) is 18.2 Å². The minimum Gasteiger partial charge on any atom is -0.377 e. The average Bonchev–Trinajstić information content (AvgIpc) is 4.05. The summed E-state index contributed by atoms with van der Waals surface area (Å²) >= 11 is 0. The molecule has 5 aromatic rings. The Bertz CT molecular complexity index is 2670. The van der Waals surface area contributed by atoms with Crippen LogP contribution < -0.4 is 25.4 Å². The number of carbonyl (C=O) groups is 2. The van der Waals surface area contributed by atoms with E-state index < -0.39 is 40.7 Å². The maximum Gasteiger partial charge on any atom is 0.341 e. The number of aromatic nitrogens is 4. The number of morpholine rings is 2. The lowest BCUT2D eigenvalue weighted by Gasteiger charge is -2.34. The van der Waals surface area contributed by atoms with Crippen LogP contribution in [0.15, 0.2) is 90.0 Å². The molecule has 5 heterocycles. The highest BCUT2D eigenvalue weighted by molar-refractivity contribution is 7.90. The van der Waals surface area contributed by atoms with Crippen LogP contribution in [0.5, 0.6) is 0 Å². The highest BCUT2D eigenvalue weighted by atomic mass is 32.2. The van der Waals surface area contributed by atoms with Crippen LogP contribution in [0, 0.1) is 5.82 Å². The monoisotopic (exact) mass is 912 g/mol. The Kier molecular flexibility index (Phi) is 12.3. The molecule has 16 nitrogen and oxygen atoms in total. The predicted molar refractivity (Wildman–Crippen MR) is 237 cm³/mol. The predicted octanol–water partition coefficient (Wildman–Crippen LogP) is 6.80. The fraction of sp³-hybridized carbons (Fsp3) is 0.378. The van der Waals surface area contributed by atoms with E-state index in [1.807, 2.05) is 17.9 Å². The zero-order valence-corrected chi connectivity index (χ0v) is 36.4. The Balaban J connectivity index is 0.987. The summed E-state index contributed by atoms with van der Waals surface area (Å²) < 4.78 is 80.6. The molecule has 20 heteroatoms. The van der Waals surface area contributed by atoms with Crippen LogP contribution in [-0.2, 0) is 19.3 Å². The number of rotatable bonds is 11. The molecule has 2 N–H and O–H groups in total. The highest BCUT2D eigenvalue weighted by Crippen LogP contribution is 2.34. The van der Waals surface area contributed by atoms with Gasteiger partial charge in [-0.3, -0.25) is 0 Å². The number of urea groups is 2. The normalized spacial score (nSPS) is 19.6. The van der Waals surface area contributed by atoms with Crippen LogP contribution >= 0.6 is 0 Å². The molecule has 3 saturated heterocycles. The number of halogens is 3. The minimum atomic E-state index is -3.80. The highest BCUT2D eigenvalue weighted by Gasteiger charge is 2.36. The van der Waals surface area contributed by atoms with Crippen LogP contribution in [0.25, 0.3) is 33.9 Å². The number of fused-ring (bicyclic) bond motifs is 2. The summed E-state index contributed by atoms with van der Waals surface area (Å²) in [5.41, 5.74) is 2.09. The van der Waals surface area contributed by atoms with Gasteiger partial charge in [0.15, 0.2) is 15.7 Å². The number of anilines is 4. The second kappa shape index (κ2) is 18.2. The number of hydrazine groups is 1. The standard InChI is InChI=1S/C45H47F3N10O6S/c1-27-26-63-20-19-56(27)43-52-37(22-38(53-43)36-21-30(46)7-16-39(36)65(2,61)62)28-3-8-31(9-4-28)50-44(59)57(25-40(47)48)58(45(60)51-32-10-11-32)33-12-5-29(6-13-33)42-49-18-17-41(54-42)55-23-34-14-15-35(24-55)64-34/h3-9,12-13,16-18,21-22,27,32,34-35,40H,10-11,14-15,19-20,23-26H2,1-2H3,(H,50,59)(H,51,60). The zero-order chi connectivity index (χ0) is 45.4. The molecule has 1 aliphatic carbocycles. The average molecular weight is 913 g/mol. The van der Waals surface area contributed by atoms with Gasteiger partial charge in [-0.15, -0.1) is 0 Å². The molecule has 3 aromatic carbocycles. The summed E-state index contributed by atoms with van der Waals surface area (Å²) in [5, 5.41) is 7.05. The molecular formula is C45H47F3N10O6S. The van der Waals surface area contributed by atoms with Crippen molar-refractivity contribution in [1.29, 1.82) is 0 Å². The first-order valence-corrected chi connectivity index (χ1v) is 23.3. The van der Waals surface area contributed by atoms with E-state index in [0.29, 0.717) is 60.3 Å². The molecule has 3 unspecified atom stereocenters. The second-order valence-corrected chi connectivity index (χ2v) is 18.6. The van der Waals surface area contributed by atoms with Gasteiger partial charge >= 0.3 is 12.1 Å². The minimum absolute atomic E-state index is 0.0592. The van der Waals surface area contributed by atoms with Gasteiger partial charge < -0.3 is 29.9 Å². The van der Waals surface area contributed by atoms with E-state index in [9.17, 15) is 31.2 Å². The number of benzene rings is 3. The SMILES string of the molecule is CC1COCCN1c1nc(-c2ccc(NC(=O)N(CC(F)F)N(C(=O)NC3CC3)c3ccc(-c4nccc(N5CC6CCC(C5)O6)n4)cc3)cc2)cc(-c2cc(F)ccc2S(C)(=O)=O)n1. The van der Waals surface area contributed by atoms with Gasteiger partial charge in [-0.2, -0.15) is 5.01 Å². The summed E-state index contributed by atoms with van der Waals surface area (Å²) in [5.74, 6) is 0.820. The summed E-state index contributed by atoms with van der Waals surface area (Å²) in [7, 11) is -3.80. The van der Waals surface area contributed by atoms with Crippen molar-refractivity contribution in [1.82, 2.24) is 30.3 Å². The van der Waals surface area contributed by atoms with Crippen LogP contribution in [0.4, 0.5) is 45.9 Å². The third-order valence-corrected chi connectivity index (χ3v) is 12.8. The van der Waals surface area contributed by atoms with Crippen molar-refractivity contribution in [3.63, 3.8) is 0 Å². The van der Waals surface area contributed by atoms with Crippen molar-refractivity contribution >= 4 is 45.0 Å². The lowest BCUT2D eigenvalue weighted by Crippen LogP contribution is -2.56. The number of amides is 4. The fourth-order valence-corrected chi connectivity index (χ4v) is 9.12. The van der Waals surface area contributed by atoms with Crippen LogP contribution in [-0.4, -0.2) is 122 Å². The van der Waals surface area contributed by atoms with Crippen LogP contribution in [0.3, 0.4) is 0 Å². The molecule has 4 fully saturated rings. The smallest absolute Gasteiger partial charge is 0.341 e. The molecule has 0 radical (unpaired) electrons. The van der Waals surface area contributed by atoms with Gasteiger partial charge in [-0.05, 0) is 99.3 Å². The van der Waals surface area contributed by atoms with Crippen molar-refractivity contribution < 1.29 is 40.7 Å². The summed E-state index contributed by atoms with van der Waals surface area (Å²) in [6.07, 6.45) is 3.48. The Hall–Kier alpha value is -6.38. The van der Waals surface area contributed by atoms with Crippen LogP contribution in [0.2, 0.25) is 0 Å². The molecule has 1 saturated carbocycles. The number of carbonyl (C=O) groups excluding carboxylic acids is 2. The molecule has 3 atom stereocenters. The molecule has 3 aliphatic heterocycles. The van der Waals surface area contributed by atoms with Crippen molar-refractivity contribution in [2.45, 2.75) is 68.2 Å². The van der Waals surface area contributed by atoms with E-state index in [4.69, 9.17) is 24.4 Å². The molecule has 4 aliphatic rings. The molecule has 0 spiro atoms. The van der Waals surface area contributed by atoms with Gasteiger partial charge in [-0.25, -0.2) is 56.1 Å². The molecular weight excluding hydrogens is 866 g/mol. The number of sulfone groups is 1. The quantitative estimate of drug-likeness (QED) is 0.105. The third-order valence-electron chi connectivity index (χ3n) is 11.7. The van der Waals surface area contributed by atoms with Crippen molar-refractivity contribution in [2.24, 2.45) is 0 Å². The number of ether oxygens (including phenoxy) is 2. The first kappa shape index (κ1) is 43.9. The van der Waals surface area contributed by atoms with Gasteiger partial charge in [0.25, 0.3) is 6.43 Å². The summed E-state index contributed by atoms with van der Waals surface area (Å²) in [6.45, 7) is 3.54. The zero-order valence-electron chi connectivity index (χ0n) is 35.6. The van der Waals surface area contributed by atoms with Crippen molar-refractivity contribution in [2.75, 3.05) is 65.8 Å². The number of nitrogens with zero attached hydrogens (tertiary/aromatic N) is 8. The molecule has 9 rings (SSSR count). The van der Waals surface area contributed by atoms with Crippen molar-refractivity contribution in [3.05, 3.63) is 90.9 Å². The van der Waals surface area contributed by atoms with E-state index in [0.717, 1.165) is 55.1 Å². The first-order valence-electron chi connectivity index (χ1n) is 21.4. The van der Waals surface area contributed by atoms with E-state index >= 15 is 0 Å². The number of nitrogens with one attached hydrogen (secondary N) is 2. The Labute approximate surface area is 373 Å². The number of hydrogen-bond acceptors (Lipinski definition) is 12. The largest absolute Gasteiger partial charge is 0.377 e. The maximum absolute atomic E-state index is 14.7. The molecule has 65 heavy (non-hydrogen) atoms.